The molecule has 3 nitrogen and oxygen atoms in total. The molecule has 2 aromatic carbocycles. The summed E-state index contributed by atoms with van der Waals surface area (Å²) in [4.78, 5) is 14.4. The van der Waals surface area contributed by atoms with Gasteiger partial charge in [-0.2, -0.15) is 0 Å². The van der Waals surface area contributed by atoms with Crippen LogP contribution in [0.5, 0.6) is 0 Å². The van der Waals surface area contributed by atoms with Crippen LogP contribution >= 0.6 is 39.1 Å². The molecule has 0 aliphatic heterocycles. The zero-order valence-electron chi connectivity index (χ0n) is 12.8. The van der Waals surface area contributed by atoms with E-state index in [0.717, 1.165) is 10.0 Å². The number of carbonyl (C=O) groups excluding carboxylic acids is 1. The first-order chi connectivity index (χ1) is 10.9. The summed E-state index contributed by atoms with van der Waals surface area (Å²) in [6.45, 7) is 0.429. The number of nitrogens with one attached hydrogen (secondary N) is 1. The fourth-order valence-electron chi connectivity index (χ4n) is 2.27. The molecule has 0 aromatic heterocycles. The standard InChI is InChI=1S/C17H17BrCl2N2O/c1-22(2)16(12-5-3-4-6-14(12)19)10-21-17(23)13-9-11(18)7-8-15(13)20/h3-9,16H,10H2,1-2H3,(H,21,23). The minimum Gasteiger partial charge on any atom is -0.350 e. The predicted octanol–water partition coefficient (Wildman–Crippen LogP) is 4.79. The molecule has 0 saturated heterocycles. The summed E-state index contributed by atoms with van der Waals surface area (Å²) in [5.74, 6) is -0.213. The summed E-state index contributed by atoms with van der Waals surface area (Å²) in [5.41, 5.74) is 1.41. The molecule has 0 bridgehead atoms. The lowest BCUT2D eigenvalue weighted by Gasteiger charge is -2.26. The van der Waals surface area contributed by atoms with E-state index in [-0.39, 0.29) is 11.9 Å². The molecule has 23 heavy (non-hydrogen) atoms. The summed E-state index contributed by atoms with van der Waals surface area (Å²) in [6, 6.07) is 12.8. The SMILES string of the molecule is CN(C)C(CNC(=O)c1cc(Br)ccc1Cl)c1ccccc1Cl. The van der Waals surface area contributed by atoms with Gasteiger partial charge < -0.3 is 10.2 Å². The van der Waals surface area contributed by atoms with Gasteiger partial charge in [0.15, 0.2) is 0 Å². The van der Waals surface area contributed by atoms with Gasteiger partial charge in [-0.05, 0) is 43.9 Å². The fraction of sp³-hybridized carbons (Fsp3) is 0.235. The van der Waals surface area contributed by atoms with Crippen LogP contribution < -0.4 is 5.32 Å². The second-order valence-corrected chi connectivity index (χ2v) is 7.07. The van der Waals surface area contributed by atoms with Crippen LogP contribution in [0.2, 0.25) is 10.0 Å². The molecule has 0 radical (unpaired) electrons. The molecule has 0 aliphatic rings. The van der Waals surface area contributed by atoms with E-state index in [2.05, 4.69) is 21.2 Å². The molecule has 2 aromatic rings. The van der Waals surface area contributed by atoms with E-state index in [1.54, 1.807) is 18.2 Å². The van der Waals surface area contributed by atoms with Crippen molar-refractivity contribution in [2.45, 2.75) is 6.04 Å². The van der Waals surface area contributed by atoms with Gasteiger partial charge in [-0.15, -0.1) is 0 Å². The van der Waals surface area contributed by atoms with Crippen LogP contribution in [0, 0.1) is 0 Å². The number of nitrogens with zero attached hydrogens (tertiary/aromatic N) is 1. The Kier molecular flexibility index (Phi) is 6.48. The predicted molar refractivity (Wildman–Crippen MR) is 99.4 cm³/mol. The van der Waals surface area contributed by atoms with Gasteiger partial charge in [0.2, 0.25) is 0 Å². The van der Waals surface area contributed by atoms with Gasteiger partial charge in [0.1, 0.15) is 0 Å². The second-order valence-electron chi connectivity index (χ2n) is 5.34. The summed E-state index contributed by atoms with van der Waals surface area (Å²) in [7, 11) is 3.90. The molecule has 1 atom stereocenters. The Bertz CT molecular complexity index is 707. The van der Waals surface area contributed by atoms with Crippen LogP contribution in [0.1, 0.15) is 22.0 Å². The molecule has 122 valence electrons. The fourth-order valence-corrected chi connectivity index (χ4v) is 3.10. The van der Waals surface area contributed by atoms with Crippen molar-refractivity contribution >= 4 is 45.0 Å². The summed E-state index contributed by atoms with van der Waals surface area (Å²) in [5, 5.41) is 4.03. The summed E-state index contributed by atoms with van der Waals surface area (Å²) >= 11 is 15.7. The molecule has 1 unspecified atom stereocenters. The number of hydrogen-bond acceptors (Lipinski definition) is 2. The average molecular weight is 416 g/mol. The van der Waals surface area contributed by atoms with E-state index < -0.39 is 0 Å². The number of hydrogen-bond donors (Lipinski definition) is 1. The second kappa shape index (κ2) is 8.15. The maximum absolute atomic E-state index is 12.4. The smallest absolute Gasteiger partial charge is 0.252 e. The Balaban J connectivity index is 2.15. The minimum absolute atomic E-state index is 0.0291. The highest BCUT2D eigenvalue weighted by atomic mass is 79.9. The largest absolute Gasteiger partial charge is 0.350 e. The number of halogens is 3. The Hall–Kier alpha value is -1.07. The molecule has 0 fully saturated rings. The van der Waals surface area contributed by atoms with Crippen molar-refractivity contribution in [3.63, 3.8) is 0 Å². The lowest BCUT2D eigenvalue weighted by molar-refractivity contribution is 0.0942. The van der Waals surface area contributed by atoms with Crippen molar-refractivity contribution in [1.29, 1.82) is 0 Å². The summed E-state index contributed by atoms with van der Waals surface area (Å²) < 4.78 is 0.808. The number of carbonyl (C=O) groups is 1. The van der Waals surface area contributed by atoms with Gasteiger partial charge in [-0.3, -0.25) is 4.79 Å². The molecule has 0 heterocycles. The Labute approximate surface area is 154 Å². The van der Waals surface area contributed by atoms with Gasteiger partial charge in [-0.1, -0.05) is 57.3 Å². The first-order valence-electron chi connectivity index (χ1n) is 7.04. The first kappa shape index (κ1) is 18.3. The highest BCUT2D eigenvalue weighted by Crippen LogP contribution is 2.26. The summed E-state index contributed by atoms with van der Waals surface area (Å²) in [6.07, 6.45) is 0. The number of rotatable bonds is 5. The van der Waals surface area contributed by atoms with E-state index in [1.807, 2.05) is 43.3 Å². The van der Waals surface area contributed by atoms with Crippen LogP contribution in [0.25, 0.3) is 0 Å². The lowest BCUT2D eigenvalue weighted by Crippen LogP contribution is -2.34. The molecular weight excluding hydrogens is 399 g/mol. The van der Waals surface area contributed by atoms with Crippen LogP contribution in [-0.2, 0) is 0 Å². The van der Waals surface area contributed by atoms with Crippen LogP contribution in [-0.4, -0.2) is 31.4 Å². The van der Waals surface area contributed by atoms with E-state index in [1.165, 1.54) is 0 Å². The third kappa shape index (κ3) is 4.70. The van der Waals surface area contributed by atoms with Crippen molar-refractivity contribution in [1.82, 2.24) is 10.2 Å². The molecule has 1 N–H and O–H groups in total. The molecule has 0 aliphatic carbocycles. The zero-order valence-corrected chi connectivity index (χ0v) is 15.9. The van der Waals surface area contributed by atoms with Gasteiger partial charge in [0.25, 0.3) is 5.91 Å². The van der Waals surface area contributed by atoms with E-state index in [0.29, 0.717) is 22.2 Å². The van der Waals surface area contributed by atoms with Crippen molar-refractivity contribution in [2.24, 2.45) is 0 Å². The lowest BCUT2D eigenvalue weighted by atomic mass is 10.1. The third-order valence-corrected chi connectivity index (χ3v) is 4.68. The van der Waals surface area contributed by atoms with E-state index >= 15 is 0 Å². The first-order valence-corrected chi connectivity index (χ1v) is 8.59. The number of amides is 1. The van der Waals surface area contributed by atoms with Crippen LogP contribution in [0.3, 0.4) is 0 Å². The Morgan fingerprint density at radius 1 is 1.17 bits per heavy atom. The zero-order chi connectivity index (χ0) is 17.0. The van der Waals surface area contributed by atoms with E-state index in [4.69, 9.17) is 23.2 Å². The monoisotopic (exact) mass is 414 g/mol. The van der Waals surface area contributed by atoms with Gasteiger partial charge in [0, 0.05) is 16.0 Å². The van der Waals surface area contributed by atoms with Crippen LogP contribution in [0.4, 0.5) is 0 Å². The molecule has 2 rings (SSSR count). The number of likely N-dealkylation sites (N-methyl/N-ethyl adjacent to an activating group) is 1. The van der Waals surface area contributed by atoms with Crippen molar-refractivity contribution in [2.75, 3.05) is 20.6 Å². The highest BCUT2D eigenvalue weighted by Gasteiger charge is 2.19. The van der Waals surface area contributed by atoms with E-state index in [9.17, 15) is 4.79 Å². The quantitative estimate of drug-likeness (QED) is 0.761. The van der Waals surface area contributed by atoms with Crippen LogP contribution in [0.15, 0.2) is 46.9 Å². The molecule has 0 saturated carbocycles. The van der Waals surface area contributed by atoms with Crippen molar-refractivity contribution in [3.05, 3.63) is 68.1 Å². The Morgan fingerprint density at radius 3 is 2.52 bits per heavy atom. The maximum Gasteiger partial charge on any atom is 0.252 e. The average Bonchev–Trinajstić information content (AvgIpc) is 2.51. The van der Waals surface area contributed by atoms with Gasteiger partial charge in [0.05, 0.1) is 16.6 Å². The molecule has 1 amide bonds. The number of benzene rings is 2. The Morgan fingerprint density at radius 2 is 1.87 bits per heavy atom. The topological polar surface area (TPSA) is 32.3 Å². The highest BCUT2D eigenvalue weighted by molar-refractivity contribution is 9.10. The molecular formula is C17H17BrCl2N2O. The van der Waals surface area contributed by atoms with Gasteiger partial charge in [-0.25, -0.2) is 0 Å². The molecule has 6 heteroatoms. The van der Waals surface area contributed by atoms with Gasteiger partial charge >= 0.3 is 0 Å². The third-order valence-electron chi connectivity index (χ3n) is 3.52. The van der Waals surface area contributed by atoms with Crippen molar-refractivity contribution in [3.8, 4) is 0 Å². The normalized spacial score (nSPS) is 12.3. The minimum atomic E-state index is -0.213. The maximum atomic E-state index is 12.4. The van der Waals surface area contributed by atoms with Crippen molar-refractivity contribution < 1.29 is 4.79 Å². The molecule has 0 spiro atoms.